The second-order valence-corrected chi connectivity index (χ2v) is 6.21. The third kappa shape index (κ3) is 5.73. The Balaban J connectivity index is 1.63. The minimum Gasteiger partial charge on any atom is -0.370 e. The van der Waals surface area contributed by atoms with Gasteiger partial charge in [0.15, 0.2) is 5.96 Å². The van der Waals surface area contributed by atoms with E-state index in [0.717, 1.165) is 19.3 Å². The highest BCUT2D eigenvalue weighted by Crippen LogP contribution is 2.26. The normalized spacial score (nSPS) is 22.6. The number of hydrogen-bond acceptors (Lipinski definition) is 2. The van der Waals surface area contributed by atoms with Gasteiger partial charge in [0.2, 0.25) is 0 Å². The molecule has 21 heavy (non-hydrogen) atoms. The molecule has 1 saturated carbocycles. The Labute approximate surface area is 124 Å². The molecule has 122 valence electrons. The molecule has 2 fully saturated rings. The van der Waals surface area contributed by atoms with Crippen LogP contribution in [-0.2, 0) is 0 Å². The molecule has 0 amide bonds. The van der Waals surface area contributed by atoms with Gasteiger partial charge in [-0.15, -0.1) is 0 Å². The minimum absolute atomic E-state index is 0.470. The van der Waals surface area contributed by atoms with Gasteiger partial charge in [-0.2, -0.15) is 13.2 Å². The van der Waals surface area contributed by atoms with Crippen LogP contribution in [0, 0.1) is 5.92 Å². The number of rotatable bonds is 5. The molecule has 4 nitrogen and oxygen atoms in total. The Morgan fingerprint density at radius 1 is 1.24 bits per heavy atom. The zero-order valence-corrected chi connectivity index (χ0v) is 12.6. The van der Waals surface area contributed by atoms with Crippen LogP contribution in [-0.4, -0.2) is 61.2 Å². The van der Waals surface area contributed by atoms with Crippen LogP contribution in [0.2, 0.25) is 0 Å². The van der Waals surface area contributed by atoms with Gasteiger partial charge in [0.05, 0.1) is 6.54 Å². The van der Waals surface area contributed by atoms with Crippen molar-refractivity contribution in [1.82, 2.24) is 9.80 Å². The summed E-state index contributed by atoms with van der Waals surface area (Å²) in [5.41, 5.74) is 5.91. The molecular formula is C14H25F3N4. The van der Waals surface area contributed by atoms with E-state index in [-0.39, 0.29) is 0 Å². The molecule has 2 rings (SSSR count). The zero-order valence-electron chi connectivity index (χ0n) is 12.6. The van der Waals surface area contributed by atoms with Crippen molar-refractivity contribution in [3.05, 3.63) is 0 Å². The predicted octanol–water partition coefficient (Wildman–Crippen LogP) is 2.06. The first-order chi connectivity index (χ1) is 9.85. The lowest BCUT2D eigenvalue weighted by molar-refractivity contribution is -0.148. The highest BCUT2D eigenvalue weighted by atomic mass is 19.4. The number of halogens is 3. The molecule has 0 atom stereocenters. The molecule has 0 radical (unpaired) electrons. The second-order valence-electron chi connectivity index (χ2n) is 6.21. The first-order valence-electron chi connectivity index (χ1n) is 7.67. The quantitative estimate of drug-likeness (QED) is 0.625. The lowest BCUT2D eigenvalue weighted by Crippen LogP contribution is -2.40. The summed E-state index contributed by atoms with van der Waals surface area (Å²) in [6.45, 7) is 0.959. The van der Waals surface area contributed by atoms with Crippen LogP contribution in [0.3, 0.4) is 0 Å². The fraction of sp³-hybridized carbons (Fsp3) is 0.929. The van der Waals surface area contributed by atoms with Crippen molar-refractivity contribution in [3.63, 3.8) is 0 Å². The summed E-state index contributed by atoms with van der Waals surface area (Å²) in [6, 6.07) is 0.555. The van der Waals surface area contributed by atoms with Crippen molar-refractivity contribution >= 4 is 5.96 Å². The predicted molar refractivity (Wildman–Crippen MR) is 77.1 cm³/mol. The minimum atomic E-state index is -4.08. The van der Waals surface area contributed by atoms with Crippen LogP contribution < -0.4 is 5.73 Å². The number of alkyl halides is 3. The van der Waals surface area contributed by atoms with Gasteiger partial charge in [0, 0.05) is 19.6 Å². The average molecular weight is 306 g/mol. The lowest BCUT2D eigenvalue weighted by Gasteiger charge is -2.32. The molecule has 2 aliphatic rings. The van der Waals surface area contributed by atoms with Gasteiger partial charge in [-0.05, 0) is 51.1 Å². The summed E-state index contributed by atoms with van der Waals surface area (Å²) >= 11 is 0. The summed E-state index contributed by atoms with van der Waals surface area (Å²) in [7, 11) is 1.96. The van der Waals surface area contributed by atoms with Crippen molar-refractivity contribution < 1.29 is 13.2 Å². The van der Waals surface area contributed by atoms with Crippen molar-refractivity contribution in [2.24, 2.45) is 16.6 Å². The summed E-state index contributed by atoms with van der Waals surface area (Å²) in [5, 5.41) is 0. The zero-order chi connectivity index (χ0) is 15.5. The van der Waals surface area contributed by atoms with E-state index >= 15 is 0 Å². The van der Waals surface area contributed by atoms with E-state index < -0.39 is 12.7 Å². The third-order valence-corrected chi connectivity index (χ3v) is 4.38. The van der Waals surface area contributed by atoms with Gasteiger partial charge in [-0.1, -0.05) is 0 Å². The maximum absolute atomic E-state index is 12.3. The Bertz CT molecular complexity index is 358. The van der Waals surface area contributed by atoms with E-state index in [1.165, 1.54) is 17.7 Å². The number of guanidine groups is 1. The third-order valence-electron chi connectivity index (χ3n) is 4.38. The lowest BCUT2D eigenvalue weighted by atomic mass is 9.93. The highest BCUT2D eigenvalue weighted by Gasteiger charge is 2.32. The Morgan fingerprint density at radius 3 is 2.38 bits per heavy atom. The van der Waals surface area contributed by atoms with E-state index in [4.69, 9.17) is 5.73 Å². The van der Waals surface area contributed by atoms with E-state index in [1.54, 1.807) is 0 Å². The van der Waals surface area contributed by atoms with E-state index in [1.807, 2.05) is 11.9 Å². The molecule has 0 unspecified atom stereocenters. The number of hydrogen-bond donors (Lipinski definition) is 1. The fourth-order valence-corrected chi connectivity index (χ4v) is 2.81. The van der Waals surface area contributed by atoms with Gasteiger partial charge in [0.1, 0.15) is 0 Å². The van der Waals surface area contributed by atoms with Crippen LogP contribution in [0.4, 0.5) is 13.2 Å². The summed E-state index contributed by atoms with van der Waals surface area (Å²) in [6.07, 6.45) is 0.848. The molecule has 0 aromatic rings. The van der Waals surface area contributed by atoms with Gasteiger partial charge in [-0.25, -0.2) is 0 Å². The van der Waals surface area contributed by atoms with Crippen LogP contribution >= 0.6 is 0 Å². The topological polar surface area (TPSA) is 44.9 Å². The van der Waals surface area contributed by atoms with E-state index in [2.05, 4.69) is 4.99 Å². The van der Waals surface area contributed by atoms with Gasteiger partial charge in [-0.3, -0.25) is 9.89 Å². The SMILES string of the molecule is CN(C(N)=NCCC1CCN(CC(F)(F)F)CC1)C1CC1. The molecule has 1 aliphatic carbocycles. The molecule has 0 spiro atoms. The molecule has 7 heteroatoms. The fourth-order valence-electron chi connectivity index (χ4n) is 2.81. The maximum Gasteiger partial charge on any atom is 0.401 e. The number of aliphatic imine (C=N–C) groups is 1. The van der Waals surface area contributed by atoms with Gasteiger partial charge >= 0.3 is 6.18 Å². The molecule has 0 aromatic heterocycles. The van der Waals surface area contributed by atoms with Crippen LogP contribution in [0.5, 0.6) is 0 Å². The average Bonchev–Trinajstić information content (AvgIpc) is 3.22. The first-order valence-corrected chi connectivity index (χ1v) is 7.67. The van der Waals surface area contributed by atoms with Crippen molar-refractivity contribution in [2.75, 3.05) is 33.2 Å². The van der Waals surface area contributed by atoms with E-state index in [0.29, 0.717) is 37.6 Å². The Hall–Kier alpha value is -0.980. The standard InChI is InChI=1S/C14H25F3N4/c1-20(12-2-3-12)13(18)19-7-4-11-5-8-21(9-6-11)10-14(15,16)17/h11-12H,2-10H2,1H3,(H2,18,19). The van der Waals surface area contributed by atoms with Crippen LogP contribution in [0.1, 0.15) is 32.1 Å². The molecular weight excluding hydrogens is 281 g/mol. The molecule has 2 N–H and O–H groups in total. The summed E-state index contributed by atoms with van der Waals surface area (Å²) in [5.74, 6) is 1.06. The molecule has 0 bridgehead atoms. The number of nitrogens with two attached hydrogens (primary N) is 1. The molecule has 0 aromatic carbocycles. The van der Waals surface area contributed by atoms with Crippen molar-refractivity contribution in [1.29, 1.82) is 0 Å². The monoisotopic (exact) mass is 306 g/mol. The van der Waals surface area contributed by atoms with Gasteiger partial charge in [0.25, 0.3) is 0 Å². The van der Waals surface area contributed by atoms with E-state index in [9.17, 15) is 13.2 Å². The number of piperidine rings is 1. The maximum atomic E-state index is 12.3. The highest BCUT2D eigenvalue weighted by molar-refractivity contribution is 5.78. The Morgan fingerprint density at radius 2 is 1.86 bits per heavy atom. The van der Waals surface area contributed by atoms with Crippen molar-refractivity contribution in [3.8, 4) is 0 Å². The van der Waals surface area contributed by atoms with Crippen molar-refractivity contribution in [2.45, 2.75) is 44.3 Å². The smallest absolute Gasteiger partial charge is 0.370 e. The molecule has 1 heterocycles. The number of likely N-dealkylation sites (tertiary alicyclic amines) is 1. The Kier molecular flexibility index (Phi) is 5.35. The largest absolute Gasteiger partial charge is 0.401 e. The molecule has 1 saturated heterocycles. The summed E-state index contributed by atoms with van der Waals surface area (Å²) in [4.78, 5) is 7.90. The van der Waals surface area contributed by atoms with Crippen LogP contribution in [0.15, 0.2) is 4.99 Å². The van der Waals surface area contributed by atoms with Crippen LogP contribution in [0.25, 0.3) is 0 Å². The number of nitrogens with zero attached hydrogens (tertiary/aromatic N) is 3. The molecule has 1 aliphatic heterocycles. The van der Waals surface area contributed by atoms with Gasteiger partial charge < -0.3 is 10.6 Å². The summed E-state index contributed by atoms with van der Waals surface area (Å²) < 4.78 is 36.9. The first kappa shape index (κ1) is 16.4. The second kappa shape index (κ2) is 6.85.